The number of hydroxylamine groups is 2. The number of rotatable bonds is 15. The molecule has 1 aromatic rings. The Labute approximate surface area is 408 Å². The number of hydrogen-bond donors (Lipinski definition) is 2. The second-order valence-corrected chi connectivity index (χ2v) is 21.0. The van der Waals surface area contributed by atoms with Crippen LogP contribution in [0.3, 0.4) is 0 Å². The number of hydrogen-bond acceptors (Lipinski definition) is 17. The fourth-order valence-corrected chi connectivity index (χ4v) is 11.0. The molecule has 22 heteroatoms. The molecule has 374 valence electrons. The molecular formula is C46H61ClN4O15S2. The molecule has 3 unspecified atom stereocenters. The lowest BCUT2D eigenvalue weighted by atomic mass is 9.79. The van der Waals surface area contributed by atoms with Gasteiger partial charge in [0.1, 0.15) is 46.3 Å². The molecular weight excluding hydrogens is 948 g/mol. The molecule has 4 heterocycles. The summed E-state index contributed by atoms with van der Waals surface area (Å²) < 4.78 is 29.7. The number of amides is 5. The van der Waals surface area contributed by atoms with Crippen molar-refractivity contribution in [3.63, 3.8) is 0 Å². The summed E-state index contributed by atoms with van der Waals surface area (Å²) in [4.78, 5) is 113. The predicted molar refractivity (Wildman–Crippen MR) is 251 cm³/mol. The molecule has 10 atom stereocenters. The largest absolute Gasteiger partial charge is 0.495 e. The highest BCUT2D eigenvalue weighted by Gasteiger charge is 2.67. The van der Waals surface area contributed by atoms with Gasteiger partial charge in [-0.3, -0.25) is 29.3 Å². The molecule has 19 nitrogen and oxygen atoms in total. The fraction of sp³-hybridized carbons (Fsp3) is 0.609. The van der Waals surface area contributed by atoms with Crippen molar-refractivity contribution in [3.05, 3.63) is 46.5 Å². The van der Waals surface area contributed by atoms with E-state index in [1.807, 2.05) is 13.8 Å². The maximum absolute atomic E-state index is 15.3. The minimum absolute atomic E-state index is 0.0242. The van der Waals surface area contributed by atoms with Gasteiger partial charge in [-0.25, -0.2) is 14.4 Å². The minimum Gasteiger partial charge on any atom is -0.495 e. The Morgan fingerprint density at radius 3 is 2.40 bits per heavy atom. The van der Waals surface area contributed by atoms with Gasteiger partial charge >= 0.3 is 18.0 Å². The monoisotopic (exact) mass is 1010 g/mol. The number of fused-ring (bicyclic) bond motifs is 5. The van der Waals surface area contributed by atoms with Gasteiger partial charge in [-0.1, -0.05) is 70.8 Å². The average molecular weight is 1010 g/mol. The first-order chi connectivity index (χ1) is 32.0. The number of carbonyl (C=O) groups excluding carboxylic acids is 8. The Bertz CT molecular complexity index is 2200. The van der Waals surface area contributed by atoms with E-state index in [1.54, 1.807) is 44.2 Å². The van der Waals surface area contributed by atoms with Gasteiger partial charge in [0, 0.05) is 77.2 Å². The van der Waals surface area contributed by atoms with Gasteiger partial charge in [0.05, 0.1) is 18.9 Å². The zero-order valence-electron chi connectivity index (χ0n) is 39.9. The number of halogens is 1. The summed E-state index contributed by atoms with van der Waals surface area (Å²) in [6, 6.07) is 2.23. The third-order valence-corrected chi connectivity index (χ3v) is 16.0. The van der Waals surface area contributed by atoms with E-state index in [0.29, 0.717) is 23.5 Å². The molecule has 5 amide bonds. The number of nitrogens with one attached hydrogen (secondary N) is 1. The molecule has 2 N–H and O–H groups in total. The van der Waals surface area contributed by atoms with Gasteiger partial charge in [0.2, 0.25) is 11.8 Å². The van der Waals surface area contributed by atoms with Crippen LogP contribution in [0, 0.1) is 11.8 Å². The fourth-order valence-electron chi connectivity index (χ4n) is 8.35. The lowest BCUT2D eigenvalue weighted by Gasteiger charge is -2.42. The Morgan fingerprint density at radius 1 is 1.09 bits per heavy atom. The number of nitrogens with zero attached hydrogens (tertiary/aromatic N) is 3. The summed E-state index contributed by atoms with van der Waals surface area (Å²) >= 11 is 6.92. The minimum atomic E-state index is -1.95. The van der Waals surface area contributed by atoms with Crippen molar-refractivity contribution < 1.29 is 72.0 Å². The number of likely N-dealkylation sites (N-methyl/N-ethyl adjacent to an activating group) is 1. The summed E-state index contributed by atoms with van der Waals surface area (Å²) in [7, 11) is 8.33. The Balaban J connectivity index is 1.52. The standard InChI is InChI=1S/C46H61ClN4O15S2/c1-24-12-11-13-34(62-10)46(60)23-33(63-44(59)48-46)26(3)40-45(6,65-40)41(64-43(58)27(4)49(7)28(5)52)38(42(57)50(8)30-21-29(20-24)22-32(61-9)39(30)47)31(53)18-19-67-68-25(2)14-17-37(56)66-51-35(54)15-16-36(51)55/h11-13,21-22,25-27,33-34,38,40-41,60H,14-20,23H2,1-10H3,(H,48,59)/b13-11+,24-12+/t25?,26-,27+,33+,34?,38?,40+,41+,45-,46+/m1/s1. The smallest absolute Gasteiger partial charge is 0.409 e. The molecule has 4 bridgehead atoms. The third-order valence-electron chi connectivity index (χ3n) is 12.7. The maximum atomic E-state index is 15.3. The number of benzene rings is 1. The summed E-state index contributed by atoms with van der Waals surface area (Å²) in [5, 5.41) is 14.8. The SMILES string of the molecule is COc1cc2cc(c1Cl)N(C)C(=O)C(C(=O)CCSSC(C)CCC(=O)ON1C(=O)CCC1=O)[C@H](OC(=O)[C@H](C)N(C)C(C)=O)[C@]1(C)O[C@H]1[C@H](C)[C@@H]1C[C@@](O)(NC(=O)O1)C(OC)/C=C/C=C(\C)C2. The van der Waals surface area contributed by atoms with E-state index in [4.69, 9.17) is 40.1 Å². The molecule has 4 aliphatic rings. The van der Waals surface area contributed by atoms with Crippen LogP contribution in [0.2, 0.25) is 5.02 Å². The van der Waals surface area contributed by atoms with Crippen molar-refractivity contribution >= 4 is 86.3 Å². The molecule has 0 aromatic heterocycles. The second kappa shape index (κ2) is 22.8. The maximum Gasteiger partial charge on any atom is 0.409 e. The van der Waals surface area contributed by atoms with Crippen LogP contribution in [0.1, 0.15) is 85.6 Å². The number of Topliss-reactive ketones (excluding diaryl/α,β-unsaturated/α-hetero) is 1. The van der Waals surface area contributed by atoms with Crippen LogP contribution < -0.4 is 15.0 Å². The molecule has 3 saturated heterocycles. The van der Waals surface area contributed by atoms with Crippen molar-refractivity contribution in [2.45, 2.75) is 134 Å². The number of methoxy groups -OCH3 is 2. The van der Waals surface area contributed by atoms with Crippen molar-refractivity contribution in [1.29, 1.82) is 0 Å². The summed E-state index contributed by atoms with van der Waals surface area (Å²) in [5.74, 6) is -6.77. The highest BCUT2D eigenvalue weighted by molar-refractivity contribution is 8.76. The molecule has 3 fully saturated rings. The summed E-state index contributed by atoms with van der Waals surface area (Å²) in [5.41, 5.74) is -1.83. The van der Waals surface area contributed by atoms with Crippen LogP contribution in [-0.2, 0) is 63.8 Å². The predicted octanol–water partition coefficient (Wildman–Crippen LogP) is 4.88. The Kier molecular flexibility index (Phi) is 18.2. The van der Waals surface area contributed by atoms with E-state index < -0.39 is 101 Å². The van der Waals surface area contributed by atoms with Crippen molar-refractivity contribution in [2.75, 3.05) is 39.0 Å². The molecule has 4 aliphatic heterocycles. The number of carbonyl (C=O) groups is 8. The lowest BCUT2D eigenvalue weighted by Crippen LogP contribution is -2.63. The van der Waals surface area contributed by atoms with Crippen LogP contribution in [0.25, 0.3) is 0 Å². The van der Waals surface area contributed by atoms with Gasteiger partial charge in [-0.15, -0.1) is 5.06 Å². The van der Waals surface area contributed by atoms with E-state index in [1.165, 1.54) is 68.7 Å². The number of esters is 1. The lowest BCUT2D eigenvalue weighted by molar-refractivity contribution is -0.197. The number of ether oxygens (including phenoxy) is 5. The van der Waals surface area contributed by atoms with Gasteiger partial charge in [-0.05, 0) is 51.3 Å². The van der Waals surface area contributed by atoms with Crippen LogP contribution in [-0.4, -0.2) is 144 Å². The topological polar surface area (TPSA) is 237 Å². The van der Waals surface area contributed by atoms with Gasteiger partial charge in [0.25, 0.3) is 11.8 Å². The molecule has 0 spiro atoms. The van der Waals surface area contributed by atoms with Crippen LogP contribution >= 0.6 is 33.2 Å². The van der Waals surface area contributed by atoms with E-state index in [-0.39, 0.29) is 59.6 Å². The van der Waals surface area contributed by atoms with Crippen molar-refractivity contribution in [3.8, 4) is 5.75 Å². The molecule has 0 aliphatic carbocycles. The Morgan fingerprint density at radius 2 is 1.76 bits per heavy atom. The van der Waals surface area contributed by atoms with E-state index in [2.05, 4.69) is 5.32 Å². The van der Waals surface area contributed by atoms with Crippen molar-refractivity contribution in [2.24, 2.45) is 11.8 Å². The molecule has 0 saturated carbocycles. The van der Waals surface area contributed by atoms with Gasteiger partial charge < -0.3 is 43.4 Å². The Hall–Kier alpha value is -4.67. The zero-order chi connectivity index (χ0) is 50.4. The molecule has 68 heavy (non-hydrogen) atoms. The number of allylic oxidation sites excluding steroid dienone is 3. The summed E-state index contributed by atoms with van der Waals surface area (Å²) in [6.07, 6.45) is -0.301. The van der Waals surface area contributed by atoms with Crippen LogP contribution in [0.15, 0.2) is 35.9 Å². The normalized spacial score (nSPS) is 29.6. The number of aliphatic hydroxyl groups is 1. The number of alkyl carbamates (subject to hydrolysis) is 1. The number of anilines is 1. The van der Waals surface area contributed by atoms with E-state index in [0.717, 1.165) is 10.5 Å². The molecule has 1 aromatic carbocycles. The quantitative estimate of drug-likeness (QED) is 0.0595. The number of epoxide rings is 1. The average Bonchev–Trinajstić information content (AvgIpc) is 3.89. The first-order valence-corrected chi connectivity index (χ1v) is 24.9. The van der Waals surface area contributed by atoms with Crippen molar-refractivity contribution in [1.82, 2.24) is 15.3 Å². The second-order valence-electron chi connectivity index (χ2n) is 17.7. The van der Waals surface area contributed by atoms with Gasteiger partial charge in [-0.2, -0.15) is 0 Å². The highest BCUT2D eigenvalue weighted by Crippen LogP contribution is 2.51. The van der Waals surface area contributed by atoms with Crippen LogP contribution in [0.5, 0.6) is 5.75 Å². The van der Waals surface area contributed by atoms with E-state index in [9.17, 15) is 38.7 Å². The van der Waals surface area contributed by atoms with E-state index >= 15 is 4.79 Å². The molecule has 0 radical (unpaired) electrons. The van der Waals surface area contributed by atoms with Gasteiger partial charge in [0.15, 0.2) is 11.8 Å². The zero-order valence-corrected chi connectivity index (χ0v) is 42.3. The van der Waals surface area contributed by atoms with Crippen LogP contribution in [0.4, 0.5) is 10.5 Å². The summed E-state index contributed by atoms with van der Waals surface area (Å²) in [6.45, 7) is 9.71. The number of imide groups is 1. The number of ketones is 1. The third kappa shape index (κ3) is 12.6. The first kappa shape index (κ1) is 54.3. The first-order valence-electron chi connectivity index (χ1n) is 22.2. The molecule has 5 rings (SSSR count). The highest BCUT2D eigenvalue weighted by atomic mass is 35.5.